The van der Waals surface area contributed by atoms with Gasteiger partial charge in [-0.2, -0.15) is 20.1 Å². The van der Waals surface area contributed by atoms with Crippen LogP contribution in [0.4, 0.5) is 17.8 Å². The lowest BCUT2D eigenvalue weighted by molar-refractivity contribution is 0.474. The molecule has 0 spiro atoms. The molecule has 160 valence electrons. The van der Waals surface area contributed by atoms with Crippen LogP contribution < -0.4 is 15.2 Å². The lowest BCUT2D eigenvalue weighted by Gasteiger charge is -2.30. The molecule has 0 radical (unpaired) electrons. The zero-order valence-electron chi connectivity index (χ0n) is 16.7. The Balaban J connectivity index is 1.58. The Bertz CT molecular complexity index is 878. The summed E-state index contributed by atoms with van der Waals surface area (Å²) in [6.07, 6.45) is 8.58. The Morgan fingerprint density at radius 2 is 1.50 bits per heavy atom. The summed E-state index contributed by atoms with van der Waals surface area (Å²) in [4.78, 5) is 18.4. The number of aromatic nitrogens is 3. The maximum atomic E-state index is 10.1. The molecule has 30 heavy (non-hydrogen) atoms. The van der Waals surface area contributed by atoms with Gasteiger partial charge in [-0.15, -0.1) is 0 Å². The van der Waals surface area contributed by atoms with Gasteiger partial charge in [-0.1, -0.05) is 27.5 Å². The lowest BCUT2D eigenvalue weighted by Crippen LogP contribution is -2.34. The fraction of sp³-hybridized carbons (Fsp3) is 0.500. The van der Waals surface area contributed by atoms with E-state index in [1.807, 2.05) is 0 Å². The first-order valence-corrected chi connectivity index (χ1v) is 11.5. The van der Waals surface area contributed by atoms with Gasteiger partial charge in [0, 0.05) is 36.2 Å². The van der Waals surface area contributed by atoms with Crippen molar-refractivity contribution >= 4 is 51.6 Å². The van der Waals surface area contributed by atoms with Crippen molar-refractivity contribution in [1.29, 1.82) is 0 Å². The third-order valence-electron chi connectivity index (χ3n) is 5.32. The first-order valence-electron chi connectivity index (χ1n) is 10.3. The van der Waals surface area contributed by atoms with E-state index in [0.717, 1.165) is 56.3 Å². The number of nitrogens with zero attached hydrogens (tertiary/aromatic N) is 6. The Hall–Kier alpha value is -2.13. The van der Waals surface area contributed by atoms with Crippen LogP contribution >= 0.6 is 27.5 Å². The number of hydrazone groups is 1. The zero-order valence-corrected chi connectivity index (χ0v) is 19.0. The van der Waals surface area contributed by atoms with Crippen LogP contribution in [-0.2, 0) is 0 Å². The average Bonchev–Trinajstić information content (AvgIpc) is 2.78. The van der Waals surface area contributed by atoms with Gasteiger partial charge >= 0.3 is 0 Å². The molecule has 2 saturated heterocycles. The number of piperidine rings is 2. The molecule has 2 aliphatic heterocycles. The fourth-order valence-corrected chi connectivity index (χ4v) is 4.55. The van der Waals surface area contributed by atoms with Crippen molar-refractivity contribution < 1.29 is 5.11 Å². The summed E-state index contributed by atoms with van der Waals surface area (Å²) in [5, 5.41) is 14.6. The number of rotatable bonds is 5. The Morgan fingerprint density at radius 3 is 2.07 bits per heavy atom. The molecule has 0 bridgehead atoms. The third kappa shape index (κ3) is 5.13. The van der Waals surface area contributed by atoms with Gasteiger partial charge in [0.2, 0.25) is 17.8 Å². The topological polar surface area (TPSA) is 89.8 Å². The van der Waals surface area contributed by atoms with Crippen LogP contribution in [-0.4, -0.2) is 52.5 Å². The molecule has 2 fully saturated rings. The molecule has 4 rings (SSSR count). The summed E-state index contributed by atoms with van der Waals surface area (Å²) in [7, 11) is 0. The van der Waals surface area contributed by atoms with Crippen LogP contribution in [0.25, 0.3) is 0 Å². The molecule has 2 aromatic rings. The number of halogens is 2. The minimum absolute atomic E-state index is 0.0240. The molecule has 10 heteroatoms. The molecule has 8 nitrogen and oxygen atoms in total. The average molecular weight is 495 g/mol. The quantitative estimate of drug-likeness (QED) is 0.470. The van der Waals surface area contributed by atoms with E-state index in [0.29, 0.717) is 23.4 Å². The number of phenols is 1. The molecule has 0 aliphatic carbocycles. The summed E-state index contributed by atoms with van der Waals surface area (Å²) >= 11 is 9.39. The van der Waals surface area contributed by atoms with Crippen LogP contribution in [0.2, 0.25) is 5.02 Å². The molecule has 0 amide bonds. The predicted octanol–water partition coefficient (Wildman–Crippen LogP) is 4.42. The van der Waals surface area contributed by atoms with Gasteiger partial charge in [-0.25, -0.2) is 5.43 Å². The van der Waals surface area contributed by atoms with E-state index < -0.39 is 0 Å². The fourth-order valence-electron chi connectivity index (χ4n) is 3.72. The van der Waals surface area contributed by atoms with Crippen molar-refractivity contribution in [2.24, 2.45) is 5.10 Å². The molecular formula is C20H25BrClN7O. The molecule has 0 atom stereocenters. The second kappa shape index (κ2) is 9.78. The van der Waals surface area contributed by atoms with E-state index in [1.54, 1.807) is 12.1 Å². The molecule has 3 heterocycles. The molecule has 2 N–H and O–H groups in total. The highest BCUT2D eigenvalue weighted by Crippen LogP contribution is 2.30. The van der Waals surface area contributed by atoms with Crippen LogP contribution in [0.15, 0.2) is 21.7 Å². The van der Waals surface area contributed by atoms with E-state index in [-0.39, 0.29) is 10.8 Å². The normalized spacial score (nSPS) is 17.5. The highest BCUT2D eigenvalue weighted by molar-refractivity contribution is 9.10. The van der Waals surface area contributed by atoms with E-state index in [2.05, 4.69) is 46.2 Å². The molecule has 1 aromatic carbocycles. The smallest absolute Gasteiger partial charge is 0.250 e. The Kier molecular flexibility index (Phi) is 6.89. The Labute approximate surface area is 189 Å². The monoisotopic (exact) mass is 493 g/mol. The van der Waals surface area contributed by atoms with E-state index in [4.69, 9.17) is 16.6 Å². The van der Waals surface area contributed by atoms with Gasteiger partial charge in [0.15, 0.2) is 0 Å². The molecule has 1 aromatic heterocycles. The number of aromatic hydroxyl groups is 1. The highest BCUT2D eigenvalue weighted by Gasteiger charge is 2.20. The van der Waals surface area contributed by atoms with Crippen molar-refractivity contribution in [2.45, 2.75) is 38.5 Å². The van der Waals surface area contributed by atoms with Gasteiger partial charge in [-0.05, 0) is 50.7 Å². The molecular weight excluding hydrogens is 470 g/mol. The van der Waals surface area contributed by atoms with Crippen molar-refractivity contribution in [3.8, 4) is 5.75 Å². The maximum absolute atomic E-state index is 10.1. The standard InChI is InChI=1S/C20H25BrClN7O/c21-15-11-14(17(30)16(22)12-15)13-23-27-18-24-19(28-7-3-1-4-8-28)26-20(25-18)29-9-5-2-6-10-29/h11-13,30H,1-10H2,(H,24,25,26,27)/b23-13+. The van der Waals surface area contributed by atoms with Crippen molar-refractivity contribution in [3.63, 3.8) is 0 Å². The summed E-state index contributed by atoms with van der Waals surface area (Å²) < 4.78 is 0.756. The molecule has 2 aliphatic rings. The van der Waals surface area contributed by atoms with Gasteiger partial charge < -0.3 is 14.9 Å². The van der Waals surface area contributed by atoms with Crippen molar-refractivity contribution in [2.75, 3.05) is 41.4 Å². The van der Waals surface area contributed by atoms with E-state index >= 15 is 0 Å². The predicted molar refractivity (Wildman–Crippen MR) is 124 cm³/mol. The number of phenolic OH excluding ortho intramolecular Hbond substituents is 1. The van der Waals surface area contributed by atoms with Crippen LogP contribution in [0.5, 0.6) is 5.75 Å². The highest BCUT2D eigenvalue weighted by atomic mass is 79.9. The van der Waals surface area contributed by atoms with Gasteiger partial charge in [0.25, 0.3) is 0 Å². The largest absolute Gasteiger partial charge is 0.506 e. The van der Waals surface area contributed by atoms with Crippen LogP contribution in [0, 0.1) is 0 Å². The summed E-state index contributed by atoms with van der Waals surface area (Å²) in [5.74, 6) is 1.75. The van der Waals surface area contributed by atoms with Crippen molar-refractivity contribution in [1.82, 2.24) is 15.0 Å². The lowest BCUT2D eigenvalue weighted by atomic mass is 10.1. The minimum atomic E-state index is -0.0240. The number of nitrogens with one attached hydrogen (secondary N) is 1. The summed E-state index contributed by atoms with van der Waals surface area (Å²) in [6.45, 7) is 3.82. The minimum Gasteiger partial charge on any atom is -0.506 e. The maximum Gasteiger partial charge on any atom is 0.250 e. The second-order valence-corrected chi connectivity index (χ2v) is 8.87. The number of benzene rings is 1. The summed E-state index contributed by atoms with van der Waals surface area (Å²) in [6, 6.07) is 3.36. The first kappa shape index (κ1) is 21.1. The molecule has 0 saturated carbocycles. The van der Waals surface area contributed by atoms with Gasteiger partial charge in [0.05, 0.1) is 11.2 Å². The van der Waals surface area contributed by atoms with Crippen molar-refractivity contribution in [3.05, 3.63) is 27.2 Å². The number of hydrogen-bond donors (Lipinski definition) is 2. The van der Waals surface area contributed by atoms with Gasteiger partial charge in [0.1, 0.15) is 5.75 Å². The van der Waals surface area contributed by atoms with E-state index in [9.17, 15) is 5.11 Å². The van der Waals surface area contributed by atoms with Crippen LogP contribution in [0.1, 0.15) is 44.1 Å². The SMILES string of the molecule is Oc1c(Cl)cc(Br)cc1/C=N/Nc1nc(N2CCCCC2)nc(N2CCCCC2)n1. The third-order valence-corrected chi connectivity index (χ3v) is 6.06. The van der Waals surface area contributed by atoms with Gasteiger partial charge in [-0.3, -0.25) is 0 Å². The number of hydrogen-bond acceptors (Lipinski definition) is 8. The zero-order chi connectivity index (χ0) is 20.9. The van der Waals surface area contributed by atoms with Crippen LogP contribution in [0.3, 0.4) is 0 Å². The molecule has 0 unspecified atom stereocenters. The summed E-state index contributed by atoms with van der Waals surface area (Å²) in [5.41, 5.74) is 3.39. The first-order chi connectivity index (χ1) is 14.6. The number of anilines is 3. The van der Waals surface area contributed by atoms with E-state index in [1.165, 1.54) is 19.1 Å². The Morgan fingerprint density at radius 1 is 0.933 bits per heavy atom. The second-order valence-electron chi connectivity index (χ2n) is 7.55.